The zero-order valence-electron chi connectivity index (χ0n) is 14.3. The molecule has 0 fully saturated rings. The summed E-state index contributed by atoms with van der Waals surface area (Å²) in [4.78, 5) is 28.4. The van der Waals surface area contributed by atoms with Gasteiger partial charge in [0.15, 0.2) is 0 Å². The Hall–Kier alpha value is -2.93. The van der Waals surface area contributed by atoms with Crippen molar-refractivity contribution in [3.63, 3.8) is 0 Å². The molecule has 6 nitrogen and oxygen atoms in total. The third kappa shape index (κ3) is 3.67. The molecule has 0 aliphatic carbocycles. The van der Waals surface area contributed by atoms with Gasteiger partial charge in [0.05, 0.1) is 11.1 Å². The van der Waals surface area contributed by atoms with Crippen LogP contribution >= 0.6 is 15.9 Å². The lowest BCUT2D eigenvalue weighted by Gasteiger charge is -2.11. The Balaban J connectivity index is 1.78. The number of aryl methyl sites for hydroxylation is 1. The largest absolute Gasteiger partial charge is 0.318 e. The van der Waals surface area contributed by atoms with Crippen LogP contribution in [0.15, 0.2) is 59.3 Å². The third-order valence-electron chi connectivity index (χ3n) is 3.96. The molecule has 0 saturated carbocycles. The summed E-state index contributed by atoms with van der Waals surface area (Å²) in [6.07, 6.45) is 3.01. The maximum atomic E-state index is 12.5. The van der Waals surface area contributed by atoms with Crippen molar-refractivity contribution in [3.05, 3.63) is 81.8 Å². The predicted molar refractivity (Wildman–Crippen MR) is 102 cm³/mol. The molecular formula is C19H17BrN4O2. The van der Waals surface area contributed by atoms with Crippen LogP contribution in [0.25, 0.3) is 5.69 Å². The van der Waals surface area contributed by atoms with Crippen molar-refractivity contribution in [3.8, 4) is 5.69 Å². The zero-order valence-corrected chi connectivity index (χ0v) is 15.9. The maximum Gasteiger partial charge on any atom is 0.271 e. The van der Waals surface area contributed by atoms with Gasteiger partial charge in [0.25, 0.3) is 11.8 Å². The van der Waals surface area contributed by atoms with Gasteiger partial charge in [0.2, 0.25) is 0 Å². The van der Waals surface area contributed by atoms with Gasteiger partial charge >= 0.3 is 0 Å². The van der Waals surface area contributed by atoms with E-state index in [9.17, 15) is 9.59 Å². The second-order valence-corrected chi connectivity index (χ2v) is 6.67. The van der Waals surface area contributed by atoms with Crippen LogP contribution < -0.4 is 10.9 Å². The van der Waals surface area contributed by atoms with Crippen LogP contribution in [0, 0.1) is 13.8 Å². The number of carbonyl (C=O) groups excluding carboxylic acids is 2. The summed E-state index contributed by atoms with van der Waals surface area (Å²) in [5, 5.41) is 0. The Kier molecular flexibility index (Phi) is 5.18. The van der Waals surface area contributed by atoms with Gasteiger partial charge in [-0.25, -0.2) is 0 Å². The van der Waals surface area contributed by atoms with Gasteiger partial charge in [-0.1, -0.05) is 22.0 Å². The van der Waals surface area contributed by atoms with Gasteiger partial charge in [-0.3, -0.25) is 25.4 Å². The molecule has 0 aliphatic rings. The molecule has 2 aromatic heterocycles. The van der Waals surface area contributed by atoms with Gasteiger partial charge in [0, 0.05) is 33.9 Å². The number of hydrogen-bond acceptors (Lipinski definition) is 3. The highest BCUT2D eigenvalue weighted by Gasteiger charge is 2.17. The molecular weight excluding hydrogens is 396 g/mol. The Labute approximate surface area is 159 Å². The number of hydrazine groups is 1. The van der Waals surface area contributed by atoms with E-state index in [1.807, 2.05) is 42.7 Å². The number of rotatable bonds is 3. The number of carbonyl (C=O) groups is 2. The van der Waals surface area contributed by atoms with E-state index in [0.29, 0.717) is 11.1 Å². The molecule has 1 aromatic carbocycles. The highest BCUT2D eigenvalue weighted by molar-refractivity contribution is 9.10. The summed E-state index contributed by atoms with van der Waals surface area (Å²) in [5.41, 5.74) is 8.38. The summed E-state index contributed by atoms with van der Waals surface area (Å²) < 4.78 is 2.94. The number of hydrogen-bond donors (Lipinski definition) is 2. The molecule has 0 bridgehead atoms. The molecule has 0 unspecified atom stereocenters. The molecule has 0 saturated heterocycles. The van der Waals surface area contributed by atoms with Crippen molar-refractivity contribution >= 4 is 27.7 Å². The quantitative estimate of drug-likeness (QED) is 0.647. The van der Waals surface area contributed by atoms with Gasteiger partial charge in [0.1, 0.15) is 0 Å². The van der Waals surface area contributed by atoms with E-state index in [-0.39, 0.29) is 5.91 Å². The molecule has 2 N–H and O–H groups in total. The van der Waals surface area contributed by atoms with Crippen molar-refractivity contribution in [2.45, 2.75) is 13.8 Å². The van der Waals surface area contributed by atoms with Crippen molar-refractivity contribution in [1.82, 2.24) is 20.4 Å². The van der Waals surface area contributed by atoms with Gasteiger partial charge < -0.3 is 4.57 Å². The molecule has 26 heavy (non-hydrogen) atoms. The molecule has 3 aromatic rings. The van der Waals surface area contributed by atoms with Crippen molar-refractivity contribution in [2.24, 2.45) is 0 Å². The Morgan fingerprint density at radius 2 is 1.81 bits per heavy atom. The van der Waals surface area contributed by atoms with Crippen LogP contribution in [0.2, 0.25) is 0 Å². The standard InChI is InChI=1S/C19H17BrN4O2/c1-12-9-17(13(2)24(12)16-7-3-6-15(20)10-16)19(26)23-22-18(25)14-5-4-8-21-11-14/h3-11H,1-2H3,(H,22,25)(H,23,26). The molecule has 7 heteroatoms. The number of nitrogens with zero attached hydrogens (tertiary/aromatic N) is 2. The van der Waals surface area contributed by atoms with Gasteiger partial charge in [-0.2, -0.15) is 0 Å². The number of aromatic nitrogens is 2. The highest BCUT2D eigenvalue weighted by Crippen LogP contribution is 2.23. The normalized spacial score (nSPS) is 10.4. The average Bonchev–Trinajstić information content (AvgIpc) is 2.94. The molecule has 0 aliphatic heterocycles. The van der Waals surface area contributed by atoms with Crippen LogP contribution in [0.1, 0.15) is 32.1 Å². The van der Waals surface area contributed by atoms with Crippen molar-refractivity contribution in [1.29, 1.82) is 0 Å². The molecule has 0 radical (unpaired) electrons. The Bertz CT molecular complexity index is 967. The summed E-state index contributed by atoms with van der Waals surface area (Å²) in [6.45, 7) is 3.80. The maximum absolute atomic E-state index is 12.5. The van der Waals surface area contributed by atoms with Crippen LogP contribution in [0.3, 0.4) is 0 Å². The van der Waals surface area contributed by atoms with Gasteiger partial charge in [-0.05, 0) is 50.2 Å². The SMILES string of the molecule is Cc1cc(C(=O)NNC(=O)c2cccnc2)c(C)n1-c1cccc(Br)c1. The topological polar surface area (TPSA) is 76.0 Å². The fraction of sp³-hybridized carbons (Fsp3) is 0.105. The lowest BCUT2D eigenvalue weighted by atomic mass is 10.2. The van der Waals surface area contributed by atoms with Crippen molar-refractivity contribution < 1.29 is 9.59 Å². The second kappa shape index (κ2) is 7.53. The summed E-state index contributed by atoms with van der Waals surface area (Å²) in [6, 6.07) is 12.9. The summed E-state index contributed by atoms with van der Waals surface area (Å²) in [5.74, 6) is -0.802. The van der Waals surface area contributed by atoms with E-state index in [4.69, 9.17) is 0 Å². The predicted octanol–water partition coefficient (Wildman–Crippen LogP) is 3.33. The van der Waals surface area contributed by atoms with E-state index in [2.05, 4.69) is 31.8 Å². The molecule has 2 amide bonds. The van der Waals surface area contributed by atoms with E-state index in [1.54, 1.807) is 24.4 Å². The number of pyridine rings is 1. The lowest BCUT2D eigenvalue weighted by molar-refractivity contribution is 0.0846. The van der Waals surface area contributed by atoms with E-state index in [1.165, 1.54) is 6.20 Å². The minimum atomic E-state index is -0.424. The first-order valence-electron chi connectivity index (χ1n) is 7.93. The van der Waals surface area contributed by atoms with Crippen LogP contribution in [0.4, 0.5) is 0 Å². The first-order chi connectivity index (χ1) is 12.5. The Morgan fingerprint density at radius 1 is 1.04 bits per heavy atom. The molecule has 2 heterocycles. The third-order valence-corrected chi connectivity index (χ3v) is 4.45. The minimum absolute atomic E-state index is 0.368. The lowest BCUT2D eigenvalue weighted by Crippen LogP contribution is -2.41. The highest BCUT2D eigenvalue weighted by atomic mass is 79.9. The summed E-state index contributed by atoms with van der Waals surface area (Å²) in [7, 11) is 0. The molecule has 3 rings (SSSR count). The first kappa shape index (κ1) is 17.9. The number of benzene rings is 1. The minimum Gasteiger partial charge on any atom is -0.318 e. The van der Waals surface area contributed by atoms with E-state index in [0.717, 1.165) is 21.5 Å². The number of nitrogens with one attached hydrogen (secondary N) is 2. The Morgan fingerprint density at radius 3 is 2.50 bits per heavy atom. The molecule has 132 valence electrons. The number of halogens is 1. The number of amides is 2. The average molecular weight is 413 g/mol. The van der Waals surface area contributed by atoms with Crippen LogP contribution in [0.5, 0.6) is 0 Å². The van der Waals surface area contributed by atoms with E-state index < -0.39 is 5.91 Å². The fourth-order valence-corrected chi connectivity index (χ4v) is 3.14. The van der Waals surface area contributed by atoms with Gasteiger partial charge in [-0.15, -0.1) is 0 Å². The first-order valence-corrected chi connectivity index (χ1v) is 8.72. The second-order valence-electron chi connectivity index (χ2n) is 5.75. The molecule has 0 atom stereocenters. The van der Waals surface area contributed by atoms with Crippen LogP contribution in [-0.4, -0.2) is 21.4 Å². The summed E-state index contributed by atoms with van der Waals surface area (Å²) >= 11 is 3.46. The molecule has 0 spiro atoms. The monoisotopic (exact) mass is 412 g/mol. The fourth-order valence-electron chi connectivity index (χ4n) is 2.76. The smallest absolute Gasteiger partial charge is 0.271 e. The zero-order chi connectivity index (χ0) is 18.7. The van der Waals surface area contributed by atoms with E-state index >= 15 is 0 Å². The van der Waals surface area contributed by atoms with Crippen molar-refractivity contribution in [2.75, 3.05) is 0 Å². The van der Waals surface area contributed by atoms with Crippen LogP contribution in [-0.2, 0) is 0 Å².